The maximum atomic E-state index is 13.0. The normalized spacial score (nSPS) is 10.2. The Labute approximate surface area is 129 Å². The zero-order valence-electron chi connectivity index (χ0n) is 10.8. The third-order valence-electron chi connectivity index (χ3n) is 2.52. The lowest BCUT2D eigenvalue weighted by molar-refractivity contribution is 0.102. The van der Waals surface area contributed by atoms with Crippen molar-refractivity contribution in [2.75, 3.05) is 17.2 Å². The van der Waals surface area contributed by atoms with E-state index in [4.69, 9.17) is 0 Å². The minimum Gasteiger partial charge on any atom is -0.370 e. The van der Waals surface area contributed by atoms with E-state index in [1.807, 2.05) is 29.5 Å². The van der Waals surface area contributed by atoms with Crippen LogP contribution in [-0.2, 0) is 0 Å². The summed E-state index contributed by atoms with van der Waals surface area (Å²) >= 11 is 1.97. The fourth-order valence-corrected chi connectivity index (χ4v) is 2.23. The molecule has 104 valence electrons. The molecule has 1 heterocycles. The van der Waals surface area contributed by atoms with Crippen LogP contribution >= 0.6 is 22.6 Å². The fourth-order valence-electron chi connectivity index (χ4n) is 1.62. The first kappa shape index (κ1) is 14.7. The Kier molecular flexibility index (Phi) is 4.89. The molecule has 1 aromatic carbocycles. The summed E-state index contributed by atoms with van der Waals surface area (Å²) in [6, 6.07) is 9.38. The number of carbonyl (C=O) groups excluding carboxylic acids is 1. The Morgan fingerprint density at radius 3 is 2.85 bits per heavy atom. The van der Waals surface area contributed by atoms with Crippen molar-refractivity contribution < 1.29 is 9.18 Å². The van der Waals surface area contributed by atoms with Crippen molar-refractivity contribution in [2.45, 2.75) is 6.92 Å². The van der Waals surface area contributed by atoms with Crippen molar-refractivity contribution in [3.63, 3.8) is 0 Å². The number of amides is 1. The third kappa shape index (κ3) is 3.66. The molecule has 4 nitrogen and oxygen atoms in total. The van der Waals surface area contributed by atoms with E-state index in [0.29, 0.717) is 20.8 Å². The highest BCUT2D eigenvalue weighted by Crippen LogP contribution is 2.19. The van der Waals surface area contributed by atoms with Gasteiger partial charge in [0.2, 0.25) is 0 Å². The molecule has 0 atom stereocenters. The number of nitrogens with one attached hydrogen (secondary N) is 2. The summed E-state index contributed by atoms with van der Waals surface area (Å²) in [6.45, 7) is 2.68. The van der Waals surface area contributed by atoms with Gasteiger partial charge in [0.15, 0.2) is 0 Å². The van der Waals surface area contributed by atoms with Gasteiger partial charge in [-0.25, -0.2) is 9.37 Å². The molecule has 2 rings (SSSR count). The van der Waals surface area contributed by atoms with Gasteiger partial charge in [-0.15, -0.1) is 0 Å². The maximum absolute atomic E-state index is 13.0. The van der Waals surface area contributed by atoms with Gasteiger partial charge in [0, 0.05) is 10.1 Å². The zero-order valence-corrected chi connectivity index (χ0v) is 12.9. The molecule has 0 bridgehead atoms. The van der Waals surface area contributed by atoms with Crippen LogP contribution in [0.5, 0.6) is 0 Å². The number of hydrogen-bond donors (Lipinski definition) is 2. The average molecular weight is 385 g/mol. The van der Waals surface area contributed by atoms with Crippen molar-refractivity contribution >= 4 is 40.0 Å². The highest BCUT2D eigenvalue weighted by Gasteiger charge is 2.10. The van der Waals surface area contributed by atoms with Crippen LogP contribution < -0.4 is 10.6 Å². The lowest BCUT2D eigenvalue weighted by Crippen LogP contribution is -2.15. The molecule has 2 aromatic rings. The maximum Gasteiger partial charge on any atom is 0.274 e. The Bertz CT molecular complexity index is 634. The number of nitrogens with zero attached hydrogens (tertiary/aromatic N) is 1. The standard InChI is InChI=1S/C14H13FIN3O/c1-2-17-13-5-3-4-12(18-13)14(20)19-11-7-6-9(15)8-10(11)16/h3-8H,2H2,1H3,(H,17,18)(H,19,20). The Morgan fingerprint density at radius 1 is 1.35 bits per heavy atom. The van der Waals surface area contributed by atoms with Gasteiger partial charge in [-0.1, -0.05) is 6.07 Å². The van der Waals surface area contributed by atoms with Crippen molar-refractivity contribution in [1.82, 2.24) is 4.98 Å². The van der Waals surface area contributed by atoms with Gasteiger partial charge in [0.05, 0.1) is 5.69 Å². The SMILES string of the molecule is CCNc1cccc(C(=O)Nc2ccc(F)cc2I)n1. The van der Waals surface area contributed by atoms with E-state index >= 15 is 0 Å². The number of halogens is 2. The van der Waals surface area contributed by atoms with Gasteiger partial charge in [-0.3, -0.25) is 4.79 Å². The number of anilines is 2. The second-order valence-electron chi connectivity index (χ2n) is 4.02. The highest BCUT2D eigenvalue weighted by molar-refractivity contribution is 14.1. The minimum absolute atomic E-state index is 0.309. The summed E-state index contributed by atoms with van der Waals surface area (Å²) in [7, 11) is 0. The first-order chi connectivity index (χ1) is 9.60. The molecule has 0 saturated heterocycles. The van der Waals surface area contributed by atoms with Crippen LogP contribution in [0.3, 0.4) is 0 Å². The first-order valence-corrected chi connectivity index (χ1v) is 7.15. The van der Waals surface area contributed by atoms with Crippen molar-refractivity contribution in [2.24, 2.45) is 0 Å². The summed E-state index contributed by atoms with van der Waals surface area (Å²) < 4.78 is 13.6. The van der Waals surface area contributed by atoms with Crippen molar-refractivity contribution in [3.8, 4) is 0 Å². The Balaban J connectivity index is 2.17. The molecule has 2 N–H and O–H groups in total. The monoisotopic (exact) mass is 385 g/mol. The summed E-state index contributed by atoms with van der Waals surface area (Å²) in [6.07, 6.45) is 0. The van der Waals surface area contributed by atoms with Gasteiger partial charge < -0.3 is 10.6 Å². The zero-order chi connectivity index (χ0) is 14.5. The molecule has 0 aliphatic rings. The van der Waals surface area contributed by atoms with Gasteiger partial charge in [0.25, 0.3) is 5.91 Å². The summed E-state index contributed by atoms with van der Waals surface area (Å²) in [5.74, 6) is -0.0112. The van der Waals surface area contributed by atoms with E-state index in [2.05, 4.69) is 15.6 Å². The number of pyridine rings is 1. The van der Waals surface area contributed by atoms with Crippen LogP contribution in [0.4, 0.5) is 15.9 Å². The quantitative estimate of drug-likeness (QED) is 0.793. The smallest absolute Gasteiger partial charge is 0.274 e. The predicted molar refractivity (Wildman–Crippen MR) is 85.5 cm³/mol. The van der Waals surface area contributed by atoms with Crippen LogP contribution in [0.1, 0.15) is 17.4 Å². The van der Waals surface area contributed by atoms with Crippen LogP contribution in [0.2, 0.25) is 0 Å². The molecule has 0 saturated carbocycles. The number of rotatable bonds is 4. The van der Waals surface area contributed by atoms with Crippen LogP contribution in [0, 0.1) is 9.39 Å². The van der Waals surface area contributed by atoms with Crippen molar-refractivity contribution in [1.29, 1.82) is 0 Å². The van der Waals surface area contributed by atoms with Gasteiger partial charge in [0.1, 0.15) is 17.3 Å². The molecular weight excluding hydrogens is 372 g/mol. The molecule has 0 fully saturated rings. The average Bonchev–Trinajstić information content (AvgIpc) is 2.42. The highest BCUT2D eigenvalue weighted by atomic mass is 127. The lowest BCUT2D eigenvalue weighted by atomic mass is 10.3. The molecule has 6 heteroatoms. The van der Waals surface area contributed by atoms with E-state index in [9.17, 15) is 9.18 Å². The van der Waals surface area contributed by atoms with Crippen LogP contribution in [-0.4, -0.2) is 17.4 Å². The largest absolute Gasteiger partial charge is 0.370 e. The van der Waals surface area contributed by atoms with Crippen LogP contribution in [0.15, 0.2) is 36.4 Å². The number of benzene rings is 1. The second-order valence-corrected chi connectivity index (χ2v) is 5.18. The van der Waals surface area contributed by atoms with E-state index in [1.165, 1.54) is 18.2 Å². The fraction of sp³-hybridized carbons (Fsp3) is 0.143. The summed E-state index contributed by atoms with van der Waals surface area (Å²) in [4.78, 5) is 16.3. The summed E-state index contributed by atoms with van der Waals surface area (Å²) in [5, 5.41) is 5.76. The van der Waals surface area contributed by atoms with Gasteiger partial charge in [-0.05, 0) is 59.8 Å². The molecule has 0 spiro atoms. The number of carbonyl (C=O) groups is 1. The molecule has 0 unspecified atom stereocenters. The molecule has 0 aliphatic heterocycles. The van der Waals surface area contributed by atoms with E-state index in [-0.39, 0.29) is 11.7 Å². The Morgan fingerprint density at radius 2 is 2.15 bits per heavy atom. The molecule has 0 radical (unpaired) electrons. The molecule has 1 amide bonds. The number of hydrogen-bond acceptors (Lipinski definition) is 3. The minimum atomic E-state index is -0.334. The van der Waals surface area contributed by atoms with Crippen molar-refractivity contribution in [3.05, 3.63) is 51.5 Å². The first-order valence-electron chi connectivity index (χ1n) is 6.07. The van der Waals surface area contributed by atoms with Gasteiger partial charge >= 0.3 is 0 Å². The second kappa shape index (κ2) is 6.65. The molecule has 20 heavy (non-hydrogen) atoms. The van der Waals surface area contributed by atoms with E-state index in [0.717, 1.165) is 6.54 Å². The lowest BCUT2D eigenvalue weighted by Gasteiger charge is -2.08. The van der Waals surface area contributed by atoms with Gasteiger partial charge in [-0.2, -0.15) is 0 Å². The summed E-state index contributed by atoms with van der Waals surface area (Å²) in [5.41, 5.74) is 0.872. The molecular formula is C14H13FIN3O. The third-order valence-corrected chi connectivity index (χ3v) is 3.41. The number of aromatic nitrogens is 1. The predicted octanol–water partition coefficient (Wildman–Crippen LogP) is 3.51. The van der Waals surface area contributed by atoms with Crippen LogP contribution in [0.25, 0.3) is 0 Å². The molecule has 0 aliphatic carbocycles. The van der Waals surface area contributed by atoms with E-state index < -0.39 is 0 Å². The molecule has 1 aromatic heterocycles. The van der Waals surface area contributed by atoms with E-state index in [1.54, 1.807) is 18.2 Å². The Hall–Kier alpha value is -1.70. The topological polar surface area (TPSA) is 54.0 Å².